The van der Waals surface area contributed by atoms with E-state index >= 15 is 0 Å². The van der Waals surface area contributed by atoms with Crippen molar-refractivity contribution in [3.05, 3.63) is 0 Å². The van der Waals surface area contributed by atoms with Gasteiger partial charge >= 0.3 is 0 Å². The van der Waals surface area contributed by atoms with Gasteiger partial charge in [0.05, 0.1) is 19.3 Å². The average molecular weight is 336 g/mol. The summed E-state index contributed by atoms with van der Waals surface area (Å²) in [7, 11) is 1.87. The molecule has 0 radical (unpaired) electrons. The van der Waals surface area contributed by atoms with Gasteiger partial charge in [-0.15, -0.1) is 12.4 Å². The molecule has 1 heterocycles. The molecule has 0 spiro atoms. The number of carbonyl (C=O) groups excluding carboxylic acids is 1. The molecule has 1 fully saturated rings. The van der Waals surface area contributed by atoms with E-state index in [9.17, 15) is 4.79 Å². The summed E-state index contributed by atoms with van der Waals surface area (Å²) in [5.41, 5.74) is 6.11. The number of ether oxygens (including phenoxy) is 1. The first-order valence-corrected chi connectivity index (χ1v) is 8.07. The molecule has 0 aromatic heterocycles. The molecule has 1 saturated heterocycles. The van der Waals surface area contributed by atoms with Crippen molar-refractivity contribution < 1.29 is 9.53 Å². The maximum Gasteiger partial charge on any atom is 0.239 e. The first-order chi connectivity index (χ1) is 9.76. The third-order valence-corrected chi connectivity index (χ3v) is 4.34. The second-order valence-electron chi connectivity index (χ2n) is 7.16. The van der Waals surface area contributed by atoms with E-state index in [1.165, 1.54) is 0 Å². The Morgan fingerprint density at radius 1 is 1.36 bits per heavy atom. The molecule has 2 atom stereocenters. The zero-order chi connectivity index (χ0) is 16.0. The Hall–Kier alpha value is -0.360. The molecule has 6 heteroatoms. The van der Waals surface area contributed by atoms with Gasteiger partial charge in [-0.25, -0.2) is 0 Å². The molecule has 5 nitrogen and oxygen atoms in total. The Morgan fingerprint density at radius 2 is 1.91 bits per heavy atom. The SMILES string of the molecule is CCC(C)C(N)C(=O)N(C)CC(C)(C)CN1CCOCC1.Cl. The summed E-state index contributed by atoms with van der Waals surface area (Å²) in [6, 6.07) is -0.390. The Kier molecular flexibility index (Phi) is 9.55. The largest absolute Gasteiger partial charge is 0.379 e. The molecule has 22 heavy (non-hydrogen) atoms. The summed E-state index contributed by atoms with van der Waals surface area (Å²) >= 11 is 0. The van der Waals surface area contributed by atoms with Crippen molar-refractivity contribution in [1.29, 1.82) is 0 Å². The van der Waals surface area contributed by atoms with E-state index in [1.54, 1.807) is 4.90 Å². The van der Waals surface area contributed by atoms with Crippen molar-refractivity contribution >= 4 is 18.3 Å². The third-order valence-electron chi connectivity index (χ3n) is 4.34. The zero-order valence-electron chi connectivity index (χ0n) is 14.8. The summed E-state index contributed by atoms with van der Waals surface area (Å²) in [6.45, 7) is 13.8. The van der Waals surface area contributed by atoms with E-state index in [4.69, 9.17) is 10.5 Å². The fraction of sp³-hybridized carbons (Fsp3) is 0.938. The molecule has 132 valence electrons. The maximum atomic E-state index is 12.4. The molecule has 0 aromatic rings. The molecule has 0 aliphatic carbocycles. The smallest absolute Gasteiger partial charge is 0.239 e. The van der Waals surface area contributed by atoms with Crippen molar-refractivity contribution in [3.8, 4) is 0 Å². The molecule has 2 N–H and O–H groups in total. The van der Waals surface area contributed by atoms with Crippen LogP contribution in [0.1, 0.15) is 34.1 Å². The van der Waals surface area contributed by atoms with Crippen LogP contribution < -0.4 is 5.73 Å². The Balaban J connectivity index is 0.00000441. The molecule has 1 amide bonds. The van der Waals surface area contributed by atoms with E-state index < -0.39 is 0 Å². The van der Waals surface area contributed by atoms with E-state index in [0.29, 0.717) is 0 Å². The van der Waals surface area contributed by atoms with Gasteiger partial charge < -0.3 is 15.4 Å². The average Bonchev–Trinajstić information content (AvgIpc) is 2.44. The third kappa shape index (κ3) is 6.82. The van der Waals surface area contributed by atoms with Crippen molar-refractivity contribution in [1.82, 2.24) is 9.80 Å². The number of carbonyl (C=O) groups is 1. The number of nitrogens with zero attached hydrogens (tertiary/aromatic N) is 2. The van der Waals surface area contributed by atoms with E-state index in [-0.39, 0.29) is 35.7 Å². The van der Waals surface area contributed by atoms with Gasteiger partial charge in [-0.3, -0.25) is 9.69 Å². The normalized spacial score (nSPS) is 19.2. The van der Waals surface area contributed by atoms with Crippen LogP contribution in [0, 0.1) is 11.3 Å². The highest BCUT2D eigenvalue weighted by molar-refractivity contribution is 5.85. The number of rotatable bonds is 7. The second-order valence-corrected chi connectivity index (χ2v) is 7.16. The van der Waals surface area contributed by atoms with E-state index in [1.807, 2.05) is 14.0 Å². The van der Waals surface area contributed by atoms with Crippen LogP contribution in [-0.2, 0) is 9.53 Å². The lowest BCUT2D eigenvalue weighted by Crippen LogP contribution is -2.50. The van der Waals surface area contributed by atoms with Gasteiger partial charge in [0, 0.05) is 33.2 Å². The van der Waals surface area contributed by atoms with Crippen LogP contribution in [0.15, 0.2) is 0 Å². The number of nitrogens with two attached hydrogens (primary N) is 1. The van der Waals surface area contributed by atoms with Crippen molar-refractivity contribution in [3.63, 3.8) is 0 Å². The summed E-state index contributed by atoms with van der Waals surface area (Å²) in [5.74, 6) is 0.279. The monoisotopic (exact) mass is 335 g/mol. The zero-order valence-corrected chi connectivity index (χ0v) is 15.6. The fourth-order valence-electron chi connectivity index (χ4n) is 2.89. The maximum absolute atomic E-state index is 12.4. The highest BCUT2D eigenvalue weighted by Gasteiger charge is 2.29. The van der Waals surface area contributed by atoms with Gasteiger partial charge in [-0.05, 0) is 11.3 Å². The quantitative estimate of drug-likeness (QED) is 0.767. The lowest BCUT2D eigenvalue weighted by Gasteiger charge is -2.37. The summed E-state index contributed by atoms with van der Waals surface area (Å²) in [5, 5.41) is 0. The fourth-order valence-corrected chi connectivity index (χ4v) is 2.89. The molecular weight excluding hydrogens is 302 g/mol. The van der Waals surface area contributed by atoms with E-state index in [0.717, 1.165) is 45.8 Å². The van der Waals surface area contributed by atoms with Crippen molar-refractivity contribution in [2.24, 2.45) is 17.1 Å². The molecular formula is C16H34ClN3O2. The van der Waals surface area contributed by atoms with Gasteiger partial charge in [-0.2, -0.15) is 0 Å². The van der Waals surface area contributed by atoms with Gasteiger partial charge in [-0.1, -0.05) is 34.1 Å². The van der Waals surface area contributed by atoms with Crippen molar-refractivity contribution in [2.75, 3.05) is 46.4 Å². The van der Waals surface area contributed by atoms with Gasteiger partial charge in [0.25, 0.3) is 0 Å². The predicted octanol–water partition coefficient (Wildman–Crippen LogP) is 1.60. The molecule has 1 aliphatic heterocycles. The number of amides is 1. The van der Waals surface area contributed by atoms with Crippen LogP contribution in [0.25, 0.3) is 0 Å². The van der Waals surface area contributed by atoms with Gasteiger partial charge in [0.2, 0.25) is 5.91 Å². The number of hydrogen-bond acceptors (Lipinski definition) is 4. The molecule has 0 bridgehead atoms. The summed E-state index contributed by atoms with van der Waals surface area (Å²) in [6.07, 6.45) is 0.928. The van der Waals surface area contributed by atoms with E-state index in [2.05, 4.69) is 25.7 Å². The molecule has 1 aliphatic rings. The topological polar surface area (TPSA) is 58.8 Å². The number of likely N-dealkylation sites (N-methyl/N-ethyl adjacent to an activating group) is 1. The Labute approximate surface area is 141 Å². The number of hydrogen-bond donors (Lipinski definition) is 1. The molecule has 0 saturated carbocycles. The first kappa shape index (κ1) is 21.6. The highest BCUT2D eigenvalue weighted by Crippen LogP contribution is 2.20. The predicted molar refractivity (Wildman–Crippen MR) is 93.4 cm³/mol. The summed E-state index contributed by atoms with van der Waals surface area (Å²) in [4.78, 5) is 16.6. The highest BCUT2D eigenvalue weighted by atomic mass is 35.5. The van der Waals surface area contributed by atoms with Crippen molar-refractivity contribution in [2.45, 2.75) is 40.2 Å². The van der Waals surface area contributed by atoms with Crippen LogP contribution in [0.4, 0.5) is 0 Å². The summed E-state index contributed by atoms with van der Waals surface area (Å²) < 4.78 is 5.38. The van der Waals surface area contributed by atoms with Gasteiger partial charge in [0.1, 0.15) is 0 Å². The van der Waals surface area contributed by atoms with Crippen LogP contribution in [0.5, 0.6) is 0 Å². The van der Waals surface area contributed by atoms with Gasteiger partial charge in [0.15, 0.2) is 0 Å². The second kappa shape index (κ2) is 9.71. The molecule has 2 unspecified atom stereocenters. The molecule has 1 rings (SSSR count). The number of morpholine rings is 1. The minimum Gasteiger partial charge on any atom is -0.379 e. The van der Waals surface area contributed by atoms with Crippen LogP contribution in [-0.4, -0.2) is 68.2 Å². The lowest BCUT2D eigenvalue weighted by atomic mass is 9.91. The minimum absolute atomic E-state index is 0. The standard InChI is InChI=1S/C16H33N3O2.ClH/c1-6-13(2)14(17)15(20)18(5)11-16(3,4)12-19-7-9-21-10-8-19;/h13-14H,6-12,17H2,1-5H3;1H. The Morgan fingerprint density at radius 3 is 2.41 bits per heavy atom. The first-order valence-electron chi connectivity index (χ1n) is 8.07. The van der Waals surface area contributed by atoms with Crippen LogP contribution in [0.3, 0.4) is 0 Å². The minimum atomic E-state index is -0.390. The Bertz CT molecular complexity index is 333. The van der Waals surface area contributed by atoms with Crippen LogP contribution >= 0.6 is 12.4 Å². The molecule has 0 aromatic carbocycles. The number of halogens is 1. The van der Waals surface area contributed by atoms with Crippen LogP contribution in [0.2, 0.25) is 0 Å². The lowest BCUT2D eigenvalue weighted by molar-refractivity contribution is -0.134.